The van der Waals surface area contributed by atoms with E-state index in [9.17, 15) is 45.6 Å². The second kappa shape index (κ2) is 57.6. The van der Waals surface area contributed by atoms with Crippen LogP contribution in [-0.4, -0.2) is 140 Å². The van der Waals surface area contributed by atoms with Crippen LogP contribution in [0.2, 0.25) is 0 Å². The molecular formula is C72H139NO13. The van der Waals surface area contributed by atoms with Crippen LogP contribution < -0.4 is 5.32 Å². The van der Waals surface area contributed by atoms with E-state index in [4.69, 9.17) is 18.9 Å². The highest BCUT2D eigenvalue weighted by Gasteiger charge is 2.51. The van der Waals surface area contributed by atoms with Crippen LogP contribution in [0.15, 0.2) is 12.2 Å². The Labute approximate surface area is 526 Å². The van der Waals surface area contributed by atoms with Crippen LogP contribution >= 0.6 is 0 Å². The van der Waals surface area contributed by atoms with Gasteiger partial charge in [-0.1, -0.05) is 334 Å². The van der Waals surface area contributed by atoms with Gasteiger partial charge < -0.3 is 65.1 Å². The molecule has 12 unspecified atom stereocenters. The van der Waals surface area contributed by atoms with E-state index in [0.717, 1.165) is 38.5 Å². The molecule has 12 atom stereocenters. The molecule has 0 aromatic rings. The zero-order valence-corrected chi connectivity index (χ0v) is 55.6. The zero-order chi connectivity index (χ0) is 62.3. The van der Waals surface area contributed by atoms with Gasteiger partial charge >= 0.3 is 0 Å². The van der Waals surface area contributed by atoms with Crippen molar-refractivity contribution in [1.82, 2.24) is 5.32 Å². The second-order valence-electron chi connectivity index (χ2n) is 26.4. The van der Waals surface area contributed by atoms with Crippen molar-refractivity contribution in [2.75, 3.05) is 19.8 Å². The number of carbonyl (C=O) groups is 1. The summed E-state index contributed by atoms with van der Waals surface area (Å²) in [5, 5.41) is 87.5. The first-order chi connectivity index (χ1) is 42.1. The van der Waals surface area contributed by atoms with Crippen molar-refractivity contribution in [2.45, 2.75) is 421 Å². The topological polar surface area (TPSA) is 228 Å². The van der Waals surface area contributed by atoms with E-state index < -0.39 is 86.8 Å². The average molecular weight is 1230 g/mol. The fraction of sp³-hybridized carbons (Fsp3) is 0.958. The average Bonchev–Trinajstić information content (AvgIpc) is 2.54. The van der Waals surface area contributed by atoms with Gasteiger partial charge in [-0.15, -0.1) is 0 Å². The van der Waals surface area contributed by atoms with Gasteiger partial charge in [0.05, 0.1) is 32.0 Å². The summed E-state index contributed by atoms with van der Waals surface area (Å²) in [4.78, 5) is 13.3. The van der Waals surface area contributed by atoms with Crippen molar-refractivity contribution in [1.29, 1.82) is 0 Å². The fourth-order valence-corrected chi connectivity index (χ4v) is 12.6. The second-order valence-corrected chi connectivity index (χ2v) is 26.4. The maximum absolute atomic E-state index is 13.3. The Kier molecular flexibility index (Phi) is 54.1. The summed E-state index contributed by atoms with van der Waals surface area (Å²) in [6.45, 7) is 2.87. The van der Waals surface area contributed by atoms with Crippen molar-refractivity contribution in [3.63, 3.8) is 0 Å². The van der Waals surface area contributed by atoms with Crippen LogP contribution in [-0.2, 0) is 23.7 Å². The van der Waals surface area contributed by atoms with E-state index >= 15 is 0 Å². The molecular weight excluding hydrogens is 1090 g/mol. The van der Waals surface area contributed by atoms with E-state index in [0.29, 0.717) is 6.42 Å². The molecule has 1 amide bonds. The third-order valence-electron chi connectivity index (χ3n) is 18.5. The zero-order valence-electron chi connectivity index (χ0n) is 55.6. The Morgan fingerprint density at radius 2 is 0.721 bits per heavy atom. The van der Waals surface area contributed by atoms with Crippen LogP contribution in [0.5, 0.6) is 0 Å². The molecule has 0 aromatic heterocycles. The van der Waals surface area contributed by atoms with Crippen molar-refractivity contribution in [3.05, 3.63) is 12.2 Å². The predicted octanol–water partition coefficient (Wildman–Crippen LogP) is 15.4. The number of ether oxygens (including phenoxy) is 4. The maximum Gasteiger partial charge on any atom is 0.220 e. The van der Waals surface area contributed by atoms with Crippen molar-refractivity contribution < 1.29 is 64.6 Å². The number of amides is 1. The van der Waals surface area contributed by atoms with Crippen LogP contribution in [0.25, 0.3) is 0 Å². The fourth-order valence-electron chi connectivity index (χ4n) is 12.6. The highest BCUT2D eigenvalue weighted by molar-refractivity contribution is 5.76. The summed E-state index contributed by atoms with van der Waals surface area (Å²) in [6.07, 6.45) is 54.2. The molecule has 0 aromatic carbocycles. The Morgan fingerprint density at radius 3 is 1.07 bits per heavy atom. The Hall–Kier alpha value is -1.27. The molecule has 2 aliphatic heterocycles. The van der Waals surface area contributed by atoms with Crippen LogP contribution in [0, 0.1) is 0 Å². The van der Waals surface area contributed by atoms with Crippen molar-refractivity contribution >= 4 is 5.91 Å². The van der Waals surface area contributed by atoms with Gasteiger partial charge in [-0.3, -0.25) is 4.79 Å². The normalized spacial score (nSPS) is 23.4. The lowest BCUT2D eigenvalue weighted by Crippen LogP contribution is -2.65. The van der Waals surface area contributed by atoms with Gasteiger partial charge in [0.1, 0.15) is 48.8 Å². The SMILES string of the molecule is CCCCCCCCCCCCCCCCCCCCCCCCCCCCCCC/C=C/C(O)C(COC1OC(CO)C(OC2OC(CO)C(O)C(O)C2O)C(O)C1O)NC(=O)CCCCCCCCCCCCCCCCCCCCCCC. The summed E-state index contributed by atoms with van der Waals surface area (Å²) in [5.74, 6) is -0.230. The standard InChI is InChI=1S/C72H139NO13/c1-3-5-7-9-11-13-15-17-19-21-23-25-26-27-28-29-30-31-32-33-34-36-37-39-41-43-45-47-49-51-53-55-61(76)60(59-83-71-69(82)67(80)70(63(58-75)85-71)86-72-68(81)66(79)65(78)62(57-74)84-72)73-64(77)56-54-52-50-48-46-44-42-40-38-35-24-22-20-18-16-14-12-10-8-6-4-2/h53,55,60-63,65-72,74-76,78-82H,3-52,54,56-59H2,1-2H3,(H,73,77)/b55-53+. The summed E-state index contributed by atoms with van der Waals surface area (Å²) in [6, 6.07) is -0.911. The van der Waals surface area contributed by atoms with Gasteiger partial charge in [0.2, 0.25) is 5.91 Å². The monoisotopic (exact) mass is 1230 g/mol. The summed E-state index contributed by atoms with van der Waals surface area (Å²) >= 11 is 0. The van der Waals surface area contributed by atoms with Crippen molar-refractivity contribution in [3.8, 4) is 0 Å². The molecule has 2 rings (SSSR count). The van der Waals surface area contributed by atoms with Crippen LogP contribution in [0.3, 0.4) is 0 Å². The van der Waals surface area contributed by atoms with Gasteiger partial charge in [0.15, 0.2) is 12.6 Å². The summed E-state index contributed by atoms with van der Waals surface area (Å²) in [7, 11) is 0. The van der Waals surface area contributed by atoms with Crippen LogP contribution in [0.1, 0.15) is 348 Å². The van der Waals surface area contributed by atoms with Gasteiger partial charge in [-0.05, 0) is 19.3 Å². The molecule has 2 saturated heterocycles. The molecule has 86 heavy (non-hydrogen) atoms. The molecule has 510 valence electrons. The van der Waals surface area contributed by atoms with Gasteiger partial charge in [0, 0.05) is 6.42 Å². The van der Waals surface area contributed by atoms with E-state index in [2.05, 4.69) is 19.2 Å². The number of carbonyl (C=O) groups excluding carboxylic acids is 1. The van der Waals surface area contributed by atoms with E-state index in [1.165, 1.54) is 283 Å². The number of hydrogen-bond acceptors (Lipinski definition) is 13. The maximum atomic E-state index is 13.3. The van der Waals surface area contributed by atoms with Gasteiger partial charge in [-0.2, -0.15) is 0 Å². The molecule has 14 nitrogen and oxygen atoms in total. The highest BCUT2D eigenvalue weighted by Crippen LogP contribution is 2.30. The first-order valence-electron chi connectivity index (χ1n) is 36.9. The molecule has 0 bridgehead atoms. The van der Waals surface area contributed by atoms with Gasteiger partial charge in [-0.25, -0.2) is 0 Å². The Bertz CT molecular complexity index is 1490. The molecule has 9 N–H and O–H groups in total. The lowest BCUT2D eigenvalue weighted by Gasteiger charge is -2.46. The molecule has 0 aliphatic carbocycles. The van der Waals surface area contributed by atoms with E-state index in [1.807, 2.05) is 6.08 Å². The van der Waals surface area contributed by atoms with Crippen LogP contribution in [0.4, 0.5) is 0 Å². The number of unbranched alkanes of at least 4 members (excludes halogenated alkanes) is 49. The number of nitrogens with one attached hydrogen (secondary N) is 1. The summed E-state index contributed by atoms with van der Waals surface area (Å²) in [5.41, 5.74) is 0. The first-order valence-corrected chi connectivity index (χ1v) is 36.9. The minimum atomic E-state index is -1.79. The third-order valence-corrected chi connectivity index (χ3v) is 18.5. The molecule has 2 heterocycles. The minimum Gasteiger partial charge on any atom is -0.394 e. The molecule has 2 aliphatic rings. The molecule has 0 radical (unpaired) electrons. The molecule has 14 heteroatoms. The first kappa shape index (κ1) is 80.8. The number of allylic oxidation sites excluding steroid dienone is 1. The number of rotatable bonds is 62. The van der Waals surface area contributed by atoms with Gasteiger partial charge in [0.25, 0.3) is 0 Å². The smallest absolute Gasteiger partial charge is 0.220 e. The summed E-state index contributed by atoms with van der Waals surface area (Å²) < 4.78 is 22.9. The number of aliphatic hydroxyl groups is 8. The molecule has 2 fully saturated rings. The van der Waals surface area contributed by atoms with E-state index in [-0.39, 0.29) is 18.9 Å². The minimum absolute atomic E-state index is 0.230. The molecule has 0 saturated carbocycles. The predicted molar refractivity (Wildman–Crippen MR) is 351 cm³/mol. The number of hydrogen-bond donors (Lipinski definition) is 9. The Balaban J connectivity index is 1.65. The number of aliphatic hydroxyl groups excluding tert-OH is 8. The highest BCUT2D eigenvalue weighted by atomic mass is 16.7. The molecule has 0 spiro atoms. The quantitative estimate of drug-likeness (QED) is 0.0204. The van der Waals surface area contributed by atoms with E-state index in [1.54, 1.807) is 6.08 Å². The lowest BCUT2D eigenvalue weighted by atomic mass is 9.97. The van der Waals surface area contributed by atoms with Crippen molar-refractivity contribution in [2.24, 2.45) is 0 Å². The Morgan fingerprint density at radius 1 is 0.407 bits per heavy atom. The largest absolute Gasteiger partial charge is 0.394 e. The lowest BCUT2D eigenvalue weighted by molar-refractivity contribution is -0.359. The third kappa shape index (κ3) is 41.3.